The minimum atomic E-state index is -0.343. The number of carbonyl (C=O) groups excluding carboxylic acids is 1. The number of rotatable bonds is 9. The number of aromatic nitrogens is 1. The Morgan fingerprint density at radius 3 is 2.55 bits per heavy atom. The van der Waals surface area contributed by atoms with Crippen molar-refractivity contribution in [2.75, 3.05) is 7.11 Å². The second-order valence-corrected chi connectivity index (χ2v) is 7.37. The zero-order valence-corrected chi connectivity index (χ0v) is 18.2. The quantitative estimate of drug-likeness (QED) is 0.422. The highest BCUT2D eigenvalue weighted by molar-refractivity contribution is 5.91. The molecule has 0 aliphatic heterocycles. The second kappa shape index (κ2) is 10.4. The topological polar surface area (TPSA) is 82.7 Å². The highest BCUT2D eigenvalue weighted by atomic mass is 16.5. The van der Waals surface area contributed by atoms with Crippen molar-refractivity contribution in [2.45, 2.75) is 19.7 Å². The fourth-order valence-electron chi connectivity index (χ4n) is 3.29. The maximum absolute atomic E-state index is 12.5. The molecule has 0 atom stereocenters. The van der Waals surface area contributed by atoms with Crippen molar-refractivity contribution in [2.24, 2.45) is 0 Å². The fraction of sp³-hybridized carbons (Fsp3) is 0.154. The Morgan fingerprint density at radius 1 is 0.939 bits per heavy atom. The van der Waals surface area contributed by atoms with Crippen LogP contribution < -0.4 is 20.3 Å². The van der Waals surface area contributed by atoms with Gasteiger partial charge in [-0.1, -0.05) is 42.5 Å². The number of hydrogen-bond donors (Lipinski definition) is 1. The molecule has 168 valence electrons. The number of nitrogens with one attached hydrogen (secondary N) is 1. The van der Waals surface area contributed by atoms with E-state index in [0.29, 0.717) is 30.4 Å². The van der Waals surface area contributed by atoms with Crippen LogP contribution in [0.1, 0.15) is 27.4 Å². The van der Waals surface area contributed by atoms with Crippen LogP contribution in [0, 0.1) is 0 Å². The molecule has 4 aromatic rings. The number of methoxy groups -OCH3 is 1. The van der Waals surface area contributed by atoms with Gasteiger partial charge in [-0.15, -0.1) is 0 Å². The number of carbonyl (C=O) groups is 1. The van der Waals surface area contributed by atoms with Gasteiger partial charge in [-0.2, -0.15) is 0 Å². The van der Waals surface area contributed by atoms with Gasteiger partial charge in [-0.25, -0.2) is 0 Å². The Balaban J connectivity index is 1.35. The lowest BCUT2D eigenvalue weighted by Crippen LogP contribution is -2.22. The first kappa shape index (κ1) is 22.0. The number of nitrogens with zero attached hydrogens (tertiary/aromatic N) is 1. The molecule has 4 rings (SSSR count). The zero-order valence-electron chi connectivity index (χ0n) is 18.2. The summed E-state index contributed by atoms with van der Waals surface area (Å²) in [5, 5.41) is 2.83. The number of ether oxygens (including phenoxy) is 2. The van der Waals surface area contributed by atoms with Gasteiger partial charge in [0.25, 0.3) is 11.5 Å². The van der Waals surface area contributed by atoms with E-state index >= 15 is 0 Å². The highest BCUT2D eigenvalue weighted by Crippen LogP contribution is 2.29. The third-order valence-electron chi connectivity index (χ3n) is 5.03. The third-order valence-corrected chi connectivity index (χ3v) is 5.03. The van der Waals surface area contributed by atoms with Gasteiger partial charge in [0.05, 0.1) is 13.7 Å². The fourth-order valence-corrected chi connectivity index (χ4v) is 3.29. The molecule has 0 aliphatic carbocycles. The Kier molecular flexibility index (Phi) is 6.90. The molecule has 1 amide bonds. The Bertz CT molecular complexity index is 1280. The van der Waals surface area contributed by atoms with Crippen LogP contribution in [0.3, 0.4) is 0 Å². The second-order valence-electron chi connectivity index (χ2n) is 7.37. The van der Waals surface area contributed by atoms with E-state index in [0.717, 1.165) is 11.1 Å². The summed E-state index contributed by atoms with van der Waals surface area (Å²) in [4.78, 5) is 24.3. The number of pyridine rings is 1. The lowest BCUT2D eigenvalue weighted by molar-refractivity contribution is 0.0921. The normalized spacial score (nSPS) is 10.6. The molecule has 0 saturated carbocycles. The van der Waals surface area contributed by atoms with E-state index in [1.165, 1.54) is 10.6 Å². The molecular formula is C26H24N2O5. The van der Waals surface area contributed by atoms with Crippen LogP contribution in [-0.2, 0) is 19.7 Å². The van der Waals surface area contributed by atoms with Gasteiger partial charge in [0.1, 0.15) is 12.4 Å². The highest BCUT2D eigenvalue weighted by Gasteiger charge is 2.13. The van der Waals surface area contributed by atoms with E-state index in [-0.39, 0.29) is 23.8 Å². The molecule has 2 heterocycles. The van der Waals surface area contributed by atoms with Crippen LogP contribution in [0.15, 0.2) is 94.3 Å². The molecule has 0 unspecified atom stereocenters. The molecule has 1 N–H and O–H groups in total. The van der Waals surface area contributed by atoms with Gasteiger partial charge < -0.3 is 23.8 Å². The predicted octanol–water partition coefficient (Wildman–Crippen LogP) is 4.01. The summed E-state index contributed by atoms with van der Waals surface area (Å²) < 4.78 is 18.4. The summed E-state index contributed by atoms with van der Waals surface area (Å²) in [6.45, 7) is 0.986. The largest absolute Gasteiger partial charge is 0.493 e. The lowest BCUT2D eigenvalue weighted by Gasteiger charge is -2.12. The average molecular weight is 444 g/mol. The molecule has 33 heavy (non-hydrogen) atoms. The van der Waals surface area contributed by atoms with Crippen molar-refractivity contribution in [1.29, 1.82) is 0 Å². The molecule has 0 saturated heterocycles. The van der Waals surface area contributed by atoms with Crippen LogP contribution >= 0.6 is 0 Å². The van der Waals surface area contributed by atoms with Gasteiger partial charge in [-0.3, -0.25) is 9.59 Å². The molecule has 2 aromatic carbocycles. The first-order valence-corrected chi connectivity index (χ1v) is 10.5. The molecule has 2 aromatic heterocycles. The van der Waals surface area contributed by atoms with Gasteiger partial charge in [0, 0.05) is 18.8 Å². The van der Waals surface area contributed by atoms with E-state index in [1.54, 1.807) is 37.6 Å². The standard InChI is InChI=1S/C26H24N2O5/c1-31-24-15-20(10-12-22(24)32-18-19-7-3-2-4-8-19)16-27-26(30)23-13-11-21(33-23)17-28-14-6-5-9-25(28)29/h2-15H,16-18H2,1H3,(H,27,30). The minimum absolute atomic E-state index is 0.134. The van der Waals surface area contributed by atoms with Crippen molar-refractivity contribution in [3.63, 3.8) is 0 Å². The number of furan rings is 1. The van der Waals surface area contributed by atoms with Gasteiger partial charge in [0.2, 0.25) is 0 Å². The van der Waals surface area contributed by atoms with Crippen molar-refractivity contribution >= 4 is 5.91 Å². The van der Waals surface area contributed by atoms with Crippen LogP contribution in [0.4, 0.5) is 0 Å². The van der Waals surface area contributed by atoms with E-state index in [2.05, 4.69) is 5.32 Å². The molecule has 0 aliphatic rings. The van der Waals surface area contributed by atoms with Crippen LogP contribution in [0.2, 0.25) is 0 Å². The van der Waals surface area contributed by atoms with Crippen molar-refractivity contribution in [3.05, 3.63) is 118 Å². The molecule has 0 fully saturated rings. The monoisotopic (exact) mass is 444 g/mol. The van der Waals surface area contributed by atoms with E-state index in [4.69, 9.17) is 13.9 Å². The SMILES string of the molecule is COc1cc(CNC(=O)c2ccc(Cn3ccccc3=O)o2)ccc1OCc1ccccc1. The maximum Gasteiger partial charge on any atom is 0.287 e. The lowest BCUT2D eigenvalue weighted by atomic mass is 10.2. The van der Waals surface area contributed by atoms with Gasteiger partial charge in [-0.05, 0) is 41.5 Å². The summed E-state index contributed by atoms with van der Waals surface area (Å²) in [5.41, 5.74) is 1.78. The molecule has 0 radical (unpaired) electrons. The van der Waals surface area contributed by atoms with Crippen molar-refractivity contribution in [3.8, 4) is 11.5 Å². The Hall–Kier alpha value is -4.26. The molecule has 0 bridgehead atoms. The Morgan fingerprint density at radius 2 is 1.76 bits per heavy atom. The first-order chi connectivity index (χ1) is 16.1. The average Bonchev–Trinajstić information content (AvgIpc) is 3.32. The van der Waals surface area contributed by atoms with E-state index in [9.17, 15) is 9.59 Å². The first-order valence-electron chi connectivity index (χ1n) is 10.5. The van der Waals surface area contributed by atoms with Gasteiger partial charge in [0.15, 0.2) is 17.3 Å². The minimum Gasteiger partial charge on any atom is -0.493 e. The predicted molar refractivity (Wildman–Crippen MR) is 123 cm³/mol. The summed E-state index contributed by atoms with van der Waals surface area (Å²) in [5.74, 6) is 1.58. The third kappa shape index (κ3) is 5.71. The molecule has 7 nitrogen and oxygen atoms in total. The van der Waals surface area contributed by atoms with Gasteiger partial charge >= 0.3 is 0 Å². The van der Waals surface area contributed by atoms with Crippen LogP contribution in [-0.4, -0.2) is 17.6 Å². The van der Waals surface area contributed by atoms with Crippen LogP contribution in [0.25, 0.3) is 0 Å². The van der Waals surface area contributed by atoms with E-state index in [1.807, 2.05) is 48.5 Å². The summed E-state index contributed by atoms with van der Waals surface area (Å²) >= 11 is 0. The van der Waals surface area contributed by atoms with Crippen molar-refractivity contribution in [1.82, 2.24) is 9.88 Å². The van der Waals surface area contributed by atoms with Crippen molar-refractivity contribution < 1.29 is 18.7 Å². The smallest absolute Gasteiger partial charge is 0.287 e. The Labute approximate surface area is 191 Å². The summed E-state index contributed by atoms with van der Waals surface area (Å²) in [6.07, 6.45) is 1.67. The number of benzene rings is 2. The van der Waals surface area contributed by atoms with Crippen LogP contribution in [0.5, 0.6) is 11.5 Å². The van der Waals surface area contributed by atoms with E-state index < -0.39 is 0 Å². The zero-order chi connectivity index (χ0) is 23.0. The maximum atomic E-state index is 12.5. The number of hydrogen-bond acceptors (Lipinski definition) is 5. The molecular weight excluding hydrogens is 420 g/mol. The summed E-state index contributed by atoms with van der Waals surface area (Å²) in [6, 6.07) is 23.6. The number of amides is 1. The summed E-state index contributed by atoms with van der Waals surface area (Å²) in [7, 11) is 1.58. The molecule has 0 spiro atoms. The molecule has 7 heteroatoms.